The van der Waals surface area contributed by atoms with E-state index in [9.17, 15) is 23.7 Å². The van der Waals surface area contributed by atoms with Crippen LogP contribution >= 0.6 is 0 Å². The van der Waals surface area contributed by atoms with Gasteiger partial charge in [0, 0.05) is 0 Å². The summed E-state index contributed by atoms with van der Waals surface area (Å²) in [5.41, 5.74) is 0.848. The summed E-state index contributed by atoms with van der Waals surface area (Å²) >= 11 is 0. The Hall–Kier alpha value is -1.07. The summed E-state index contributed by atoms with van der Waals surface area (Å²) in [6.07, 6.45) is -8.11. The normalized spacial score (nSPS) is 32.9. The van der Waals surface area contributed by atoms with Crippen LogP contribution in [0.25, 0.3) is 0 Å². The van der Waals surface area contributed by atoms with Crippen LogP contribution in [0, 0.1) is 6.92 Å². The molecule has 1 aromatic rings. The van der Waals surface area contributed by atoms with Gasteiger partial charge in [0.15, 0.2) is 6.29 Å². The Morgan fingerprint density at radius 1 is 1.14 bits per heavy atom. The van der Waals surface area contributed by atoms with Crippen molar-refractivity contribution >= 4 is 10.1 Å². The second kappa shape index (κ2) is 6.59. The van der Waals surface area contributed by atoms with Crippen molar-refractivity contribution in [3.63, 3.8) is 0 Å². The number of aryl methyl sites for hydroxylation is 1. The first kappa shape index (κ1) is 17.3. The first-order valence-electron chi connectivity index (χ1n) is 6.57. The van der Waals surface area contributed by atoms with Crippen LogP contribution in [0.15, 0.2) is 29.2 Å². The van der Waals surface area contributed by atoms with Gasteiger partial charge in [-0.25, -0.2) is 0 Å². The molecule has 1 aliphatic heterocycles. The SMILES string of the molecule is Cc1ccc(S(=O)(=O)O[C@@H]2[C@@H](O)[C@@H](O)O[C@H](CO)[C@@H]2O)cc1. The van der Waals surface area contributed by atoms with Gasteiger partial charge in [-0.05, 0) is 19.1 Å². The maximum Gasteiger partial charge on any atom is 0.297 e. The average molecular weight is 334 g/mol. The molecule has 0 bridgehead atoms. The van der Waals surface area contributed by atoms with Gasteiger partial charge in [0.1, 0.15) is 24.4 Å². The highest BCUT2D eigenvalue weighted by molar-refractivity contribution is 7.86. The molecule has 0 radical (unpaired) electrons. The Labute approximate surface area is 127 Å². The molecule has 8 nitrogen and oxygen atoms in total. The second-order valence-corrected chi connectivity index (χ2v) is 6.63. The minimum Gasteiger partial charge on any atom is -0.394 e. The van der Waals surface area contributed by atoms with Crippen LogP contribution in [0.1, 0.15) is 5.56 Å². The molecule has 0 spiro atoms. The highest BCUT2D eigenvalue weighted by Gasteiger charge is 2.46. The molecular weight excluding hydrogens is 316 g/mol. The van der Waals surface area contributed by atoms with Crippen LogP contribution in [-0.4, -0.2) is 66.2 Å². The summed E-state index contributed by atoms with van der Waals surface area (Å²) in [5.74, 6) is 0. The molecule has 0 aromatic heterocycles. The third-order valence-corrected chi connectivity index (χ3v) is 4.71. The van der Waals surface area contributed by atoms with E-state index in [0.717, 1.165) is 5.56 Å². The smallest absolute Gasteiger partial charge is 0.297 e. The molecule has 124 valence electrons. The van der Waals surface area contributed by atoms with Crippen LogP contribution in [0.5, 0.6) is 0 Å². The van der Waals surface area contributed by atoms with Crippen LogP contribution < -0.4 is 0 Å². The monoisotopic (exact) mass is 334 g/mol. The zero-order valence-corrected chi connectivity index (χ0v) is 12.5. The summed E-state index contributed by atoms with van der Waals surface area (Å²) in [7, 11) is -4.27. The zero-order chi connectivity index (χ0) is 16.5. The molecule has 5 atom stereocenters. The minimum absolute atomic E-state index is 0.154. The molecule has 0 unspecified atom stereocenters. The number of rotatable bonds is 4. The lowest BCUT2D eigenvalue weighted by atomic mass is 9.99. The minimum atomic E-state index is -4.27. The van der Waals surface area contributed by atoms with Crippen molar-refractivity contribution in [3.8, 4) is 0 Å². The van der Waals surface area contributed by atoms with Crippen molar-refractivity contribution in [1.82, 2.24) is 0 Å². The van der Waals surface area contributed by atoms with Crippen LogP contribution in [-0.2, 0) is 19.0 Å². The number of ether oxygens (including phenoxy) is 1. The topological polar surface area (TPSA) is 134 Å². The third-order valence-electron chi connectivity index (χ3n) is 3.39. The van der Waals surface area contributed by atoms with Gasteiger partial charge in [-0.2, -0.15) is 8.42 Å². The molecule has 0 aliphatic carbocycles. The first-order chi connectivity index (χ1) is 10.3. The molecule has 1 saturated heterocycles. The molecule has 9 heteroatoms. The fourth-order valence-electron chi connectivity index (χ4n) is 2.09. The van der Waals surface area contributed by atoms with E-state index in [4.69, 9.17) is 14.0 Å². The van der Waals surface area contributed by atoms with Gasteiger partial charge in [0.2, 0.25) is 0 Å². The lowest BCUT2D eigenvalue weighted by Gasteiger charge is -2.39. The molecule has 1 heterocycles. The van der Waals surface area contributed by atoms with Crippen molar-refractivity contribution in [2.24, 2.45) is 0 Å². The standard InChI is InChI=1S/C13H18O8S/c1-7-2-4-8(5-3-7)22(18,19)21-12-10(15)9(6-14)20-13(17)11(12)16/h2-5,9-17H,6H2,1H3/t9-,10+,11-,12+,13+/m1/s1. The summed E-state index contributed by atoms with van der Waals surface area (Å²) in [6, 6.07) is 5.78. The summed E-state index contributed by atoms with van der Waals surface area (Å²) in [5, 5.41) is 38.2. The van der Waals surface area contributed by atoms with E-state index in [-0.39, 0.29) is 4.90 Å². The van der Waals surface area contributed by atoms with E-state index in [1.807, 2.05) is 0 Å². The molecule has 2 rings (SSSR count). The van der Waals surface area contributed by atoms with Crippen LogP contribution in [0.2, 0.25) is 0 Å². The van der Waals surface area contributed by atoms with E-state index < -0.39 is 47.4 Å². The van der Waals surface area contributed by atoms with E-state index in [2.05, 4.69) is 0 Å². The maximum atomic E-state index is 12.2. The summed E-state index contributed by atoms with van der Waals surface area (Å²) in [6.45, 7) is 1.11. The number of hydrogen-bond donors (Lipinski definition) is 4. The molecule has 1 aromatic carbocycles. The van der Waals surface area contributed by atoms with Gasteiger partial charge in [0.25, 0.3) is 10.1 Å². The van der Waals surface area contributed by atoms with Crippen molar-refractivity contribution < 1.29 is 37.8 Å². The van der Waals surface area contributed by atoms with Crippen LogP contribution in [0.3, 0.4) is 0 Å². The van der Waals surface area contributed by atoms with Crippen molar-refractivity contribution in [2.75, 3.05) is 6.61 Å². The van der Waals surface area contributed by atoms with Crippen LogP contribution in [0.4, 0.5) is 0 Å². The van der Waals surface area contributed by atoms with Crippen molar-refractivity contribution in [3.05, 3.63) is 29.8 Å². The number of aliphatic hydroxyl groups excluding tert-OH is 4. The Balaban J connectivity index is 2.24. The predicted octanol–water partition coefficient (Wildman–Crippen LogP) is -1.50. The fourth-order valence-corrected chi connectivity index (χ4v) is 3.19. The average Bonchev–Trinajstić information content (AvgIpc) is 2.48. The molecule has 4 N–H and O–H groups in total. The predicted molar refractivity (Wildman–Crippen MR) is 73.2 cm³/mol. The third kappa shape index (κ3) is 3.46. The summed E-state index contributed by atoms with van der Waals surface area (Å²) in [4.78, 5) is -0.154. The maximum absolute atomic E-state index is 12.2. The molecule has 1 fully saturated rings. The van der Waals surface area contributed by atoms with Gasteiger partial charge in [-0.1, -0.05) is 17.7 Å². The van der Waals surface area contributed by atoms with E-state index in [0.29, 0.717) is 0 Å². The second-order valence-electron chi connectivity index (χ2n) is 5.06. The lowest BCUT2D eigenvalue weighted by molar-refractivity contribution is -0.281. The number of hydrogen-bond acceptors (Lipinski definition) is 8. The van der Waals surface area contributed by atoms with Crippen molar-refractivity contribution in [2.45, 2.75) is 42.5 Å². The highest BCUT2D eigenvalue weighted by Crippen LogP contribution is 2.26. The van der Waals surface area contributed by atoms with Gasteiger partial charge < -0.3 is 25.2 Å². The zero-order valence-electron chi connectivity index (χ0n) is 11.7. The lowest BCUT2D eigenvalue weighted by Crippen LogP contribution is -2.59. The first-order valence-corrected chi connectivity index (χ1v) is 7.97. The van der Waals surface area contributed by atoms with E-state index in [1.165, 1.54) is 12.1 Å². The van der Waals surface area contributed by atoms with E-state index in [1.54, 1.807) is 19.1 Å². The van der Waals surface area contributed by atoms with Gasteiger partial charge in [-0.3, -0.25) is 4.18 Å². The molecular formula is C13H18O8S. The molecule has 0 amide bonds. The largest absolute Gasteiger partial charge is 0.394 e. The Morgan fingerprint density at radius 3 is 2.27 bits per heavy atom. The molecule has 0 saturated carbocycles. The quantitative estimate of drug-likeness (QED) is 0.489. The Bertz CT molecular complexity index is 599. The molecule has 22 heavy (non-hydrogen) atoms. The fraction of sp³-hybridized carbons (Fsp3) is 0.538. The van der Waals surface area contributed by atoms with Crippen molar-refractivity contribution in [1.29, 1.82) is 0 Å². The van der Waals surface area contributed by atoms with Gasteiger partial charge in [0.05, 0.1) is 11.5 Å². The Kier molecular flexibility index (Phi) is 5.17. The van der Waals surface area contributed by atoms with Gasteiger partial charge >= 0.3 is 0 Å². The highest BCUT2D eigenvalue weighted by atomic mass is 32.2. The molecule has 1 aliphatic rings. The van der Waals surface area contributed by atoms with Gasteiger partial charge in [-0.15, -0.1) is 0 Å². The summed E-state index contributed by atoms with van der Waals surface area (Å²) < 4.78 is 34.0. The number of benzene rings is 1. The number of aliphatic hydroxyl groups is 4. The van der Waals surface area contributed by atoms with E-state index >= 15 is 0 Å². The Morgan fingerprint density at radius 2 is 1.73 bits per heavy atom.